The fraction of sp³-hybridized carbons (Fsp3) is 0.556. The molecule has 0 saturated heterocycles. The summed E-state index contributed by atoms with van der Waals surface area (Å²) in [5.41, 5.74) is 0.135. The molecule has 0 radical (unpaired) electrons. The van der Waals surface area contributed by atoms with Gasteiger partial charge in [0, 0.05) is 12.4 Å². The van der Waals surface area contributed by atoms with Gasteiger partial charge >= 0.3 is 6.01 Å². The van der Waals surface area contributed by atoms with Crippen LogP contribution in [0.2, 0.25) is 0 Å². The molecule has 3 nitrogen and oxygen atoms in total. The molecule has 72 valence electrons. The molecule has 0 aliphatic carbocycles. The van der Waals surface area contributed by atoms with E-state index in [1.54, 1.807) is 12.4 Å². The molecule has 0 bridgehead atoms. The van der Waals surface area contributed by atoms with Crippen molar-refractivity contribution in [3.8, 4) is 6.01 Å². The van der Waals surface area contributed by atoms with Gasteiger partial charge in [-0.1, -0.05) is 20.8 Å². The summed E-state index contributed by atoms with van der Waals surface area (Å²) in [5, 5.41) is 0. The Balaban J connectivity index is 2.51. The highest BCUT2D eigenvalue weighted by molar-refractivity contribution is 9.10. The summed E-state index contributed by atoms with van der Waals surface area (Å²) in [7, 11) is 0. The van der Waals surface area contributed by atoms with E-state index >= 15 is 0 Å². The van der Waals surface area contributed by atoms with E-state index in [9.17, 15) is 0 Å². The summed E-state index contributed by atoms with van der Waals surface area (Å²) >= 11 is 3.26. The van der Waals surface area contributed by atoms with Crippen molar-refractivity contribution in [2.75, 3.05) is 6.61 Å². The SMILES string of the molecule is CC(C)(C)COc1ncc(Br)cn1. The second kappa shape index (κ2) is 4.05. The molecule has 0 aliphatic rings. The Morgan fingerprint density at radius 1 is 1.31 bits per heavy atom. The van der Waals surface area contributed by atoms with E-state index in [2.05, 4.69) is 46.7 Å². The van der Waals surface area contributed by atoms with Crippen LogP contribution in [-0.2, 0) is 0 Å². The number of ether oxygens (including phenoxy) is 1. The average molecular weight is 245 g/mol. The van der Waals surface area contributed by atoms with Gasteiger partial charge in [-0.2, -0.15) is 0 Å². The minimum atomic E-state index is 0.135. The fourth-order valence-corrected chi connectivity index (χ4v) is 0.861. The predicted octanol–water partition coefficient (Wildman–Crippen LogP) is 2.66. The van der Waals surface area contributed by atoms with E-state index in [-0.39, 0.29) is 5.41 Å². The first kappa shape index (κ1) is 10.4. The second-order valence-electron chi connectivity index (χ2n) is 4.03. The summed E-state index contributed by atoms with van der Waals surface area (Å²) < 4.78 is 6.24. The highest BCUT2D eigenvalue weighted by Crippen LogP contribution is 2.15. The maximum Gasteiger partial charge on any atom is 0.316 e. The Morgan fingerprint density at radius 2 is 1.85 bits per heavy atom. The average Bonchev–Trinajstić information content (AvgIpc) is 2.02. The second-order valence-corrected chi connectivity index (χ2v) is 4.95. The van der Waals surface area contributed by atoms with Crippen molar-refractivity contribution in [1.82, 2.24) is 9.97 Å². The van der Waals surface area contributed by atoms with E-state index in [1.165, 1.54) is 0 Å². The number of halogens is 1. The minimum Gasteiger partial charge on any atom is -0.463 e. The van der Waals surface area contributed by atoms with Crippen molar-refractivity contribution in [3.05, 3.63) is 16.9 Å². The van der Waals surface area contributed by atoms with E-state index < -0.39 is 0 Å². The first-order valence-corrected chi connectivity index (χ1v) is 4.87. The molecule has 1 rings (SSSR count). The lowest BCUT2D eigenvalue weighted by Crippen LogP contribution is -2.17. The standard InChI is InChI=1S/C9H13BrN2O/c1-9(2,3)6-13-8-11-4-7(10)5-12-8/h4-5H,6H2,1-3H3. The van der Waals surface area contributed by atoms with Gasteiger partial charge in [0.05, 0.1) is 11.1 Å². The smallest absolute Gasteiger partial charge is 0.316 e. The fourth-order valence-electron chi connectivity index (χ4n) is 0.656. The van der Waals surface area contributed by atoms with Crippen LogP contribution >= 0.6 is 15.9 Å². The summed E-state index contributed by atoms with van der Waals surface area (Å²) in [6, 6.07) is 0.429. The molecule has 0 N–H and O–H groups in total. The summed E-state index contributed by atoms with van der Waals surface area (Å²) in [5.74, 6) is 0. The first-order chi connectivity index (χ1) is 5.97. The van der Waals surface area contributed by atoms with E-state index in [0.29, 0.717) is 12.6 Å². The van der Waals surface area contributed by atoms with Gasteiger partial charge in [0.2, 0.25) is 0 Å². The molecule has 13 heavy (non-hydrogen) atoms. The Hall–Kier alpha value is -0.640. The molecule has 4 heteroatoms. The van der Waals surface area contributed by atoms with Crippen molar-refractivity contribution in [1.29, 1.82) is 0 Å². The zero-order valence-electron chi connectivity index (χ0n) is 8.04. The third-order valence-electron chi connectivity index (χ3n) is 1.23. The van der Waals surface area contributed by atoms with Gasteiger partial charge in [0.15, 0.2) is 0 Å². The molecule has 0 saturated carbocycles. The topological polar surface area (TPSA) is 35.0 Å². The summed E-state index contributed by atoms with van der Waals surface area (Å²) in [6.07, 6.45) is 3.34. The van der Waals surface area contributed by atoms with Crippen LogP contribution < -0.4 is 4.74 Å². The lowest BCUT2D eigenvalue weighted by Gasteiger charge is -2.17. The molecule has 0 unspecified atom stereocenters. The normalized spacial score (nSPS) is 11.4. The molecular weight excluding hydrogens is 232 g/mol. The summed E-state index contributed by atoms with van der Waals surface area (Å²) in [6.45, 7) is 6.93. The minimum absolute atomic E-state index is 0.135. The van der Waals surface area contributed by atoms with Crippen LogP contribution in [0.4, 0.5) is 0 Å². The number of nitrogens with zero attached hydrogens (tertiary/aromatic N) is 2. The van der Waals surface area contributed by atoms with Crippen LogP contribution in [0.15, 0.2) is 16.9 Å². The molecule has 0 atom stereocenters. The van der Waals surface area contributed by atoms with Crippen molar-refractivity contribution in [2.24, 2.45) is 5.41 Å². The monoisotopic (exact) mass is 244 g/mol. The molecular formula is C9H13BrN2O. The predicted molar refractivity (Wildman–Crippen MR) is 54.7 cm³/mol. The third kappa shape index (κ3) is 4.22. The van der Waals surface area contributed by atoms with E-state index in [1.807, 2.05) is 0 Å². The van der Waals surface area contributed by atoms with Crippen LogP contribution in [-0.4, -0.2) is 16.6 Å². The lowest BCUT2D eigenvalue weighted by atomic mass is 9.99. The molecule has 0 amide bonds. The van der Waals surface area contributed by atoms with Crippen molar-refractivity contribution < 1.29 is 4.74 Å². The molecule has 0 spiro atoms. The van der Waals surface area contributed by atoms with Gasteiger partial charge in [-0.15, -0.1) is 0 Å². The molecule has 0 fully saturated rings. The van der Waals surface area contributed by atoms with Crippen LogP contribution in [0.25, 0.3) is 0 Å². The molecule has 0 aromatic carbocycles. The Morgan fingerprint density at radius 3 is 2.31 bits per heavy atom. The largest absolute Gasteiger partial charge is 0.463 e. The van der Waals surface area contributed by atoms with Crippen LogP contribution in [0.3, 0.4) is 0 Å². The van der Waals surface area contributed by atoms with Gasteiger partial charge in [0.25, 0.3) is 0 Å². The summed E-state index contributed by atoms with van der Waals surface area (Å²) in [4.78, 5) is 8.00. The van der Waals surface area contributed by atoms with Gasteiger partial charge < -0.3 is 4.74 Å². The van der Waals surface area contributed by atoms with Gasteiger partial charge in [-0.25, -0.2) is 9.97 Å². The van der Waals surface area contributed by atoms with Crippen molar-refractivity contribution in [2.45, 2.75) is 20.8 Å². The van der Waals surface area contributed by atoms with E-state index in [4.69, 9.17) is 4.74 Å². The zero-order valence-corrected chi connectivity index (χ0v) is 9.63. The zero-order chi connectivity index (χ0) is 9.90. The Kier molecular flexibility index (Phi) is 3.25. The van der Waals surface area contributed by atoms with Crippen LogP contribution in [0.1, 0.15) is 20.8 Å². The lowest BCUT2D eigenvalue weighted by molar-refractivity contribution is 0.184. The van der Waals surface area contributed by atoms with Gasteiger partial charge in [-0.05, 0) is 21.3 Å². The number of hydrogen-bond donors (Lipinski definition) is 0. The van der Waals surface area contributed by atoms with Gasteiger partial charge in [0.1, 0.15) is 0 Å². The maximum absolute atomic E-state index is 5.38. The molecule has 1 heterocycles. The van der Waals surface area contributed by atoms with Crippen molar-refractivity contribution >= 4 is 15.9 Å². The highest BCUT2D eigenvalue weighted by atomic mass is 79.9. The number of aromatic nitrogens is 2. The number of hydrogen-bond acceptors (Lipinski definition) is 3. The molecule has 1 aromatic heterocycles. The maximum atomic E-state index is 5.38. The van der Waals surface area contributed by atoms with Gasteiger partial charge in [-0.3, -0.25) is 0 Å². The quantitative estimate of drug-likeness (QED) is 0.803. The first-order valence-electron chi connectivity index (χ1n) is 4.08. The molecule has 0 aliphatic heterocycles. The third-order valence-corrected chi connectivity index (χ3v) is 1.64. The highest BCUT2D eigenvalue weighted by Gasteiger charge is 2.11. The number of rotatable bonds is 2. The van der Waals surface area contributed by atoms with Crippen LogP contribution in [0.5, 0.6) is 6.01 Å². The van der Waals surface area contributed by atoms with Crippen LogP contribution in [0, 0.1) is 5.41 Å². The van der Waals surface area contributed by atoms with E-state index in [0.717, 1.165) is 4.47 Å². The molecule has 1 aromatic rings. The Bertz CT molecular complexity index is 266. The van der Waals surface area contributed by atoms with Crippen molar-refractivity contribution in [3.63, 3.8) is 0 Å². The Labute approximate surface area is 86.7 Å².